The predicted octanol–water partition coefficient (Wildman–Crippen LogP) is 3.54. The van der Waals surface area contributed by atoms with E-state index < -0.39 is 11.8 Å². The molecule has 1 atom stereocenters. The Morgan fingerprint density at radius 3 is 2.67 bits per heavy atom. The van der Waals surface area contributed by atoms with Gasteiger partial charge in [0.2, 0.25) is 5.95 Å². The number of aromatic nitrogens is 2. The molecular formula is C24H20N4O5. The van der Waals surface area contributed by atoms with E-state index in [0.717, 1.165) is 4.90 Å². The molecule has 0 aliphatic carbocycles. The molecule has 3 N–H and O–H groups in total. The summed E-state index contributed by atoms with van der Waals surface area (Å²) in [7, 11) is 2.91. The number of hydrogen-bond donors (Lipinski definition) is 3. The minimum absolute atomic E-state index is 0.147. The molecular weight excluding hydrogens is 424 g/mol. The maximum absolute atomic E-state index is 13.5. The van der Waals surface area contributed by atoms with Crippen molar-refractivity contribution in [2.75, 3.05) is 24.0 Å². The van der Waals surface area contributed by atoms with Crippen LogP contribution in [0.4, 0.5) is 16.4 Å². The number of benzene rings is 3. The summed E-state index contributed by atoms with van der Waals surface area (Å²) in [5.41, 5.74) is 0.956. The molecule has 0 saturated carbocycles. The number of nitrogens with zero attached hydrogens (tertiary/aromatic N) is 3. The average Bonchev–Trinajstić information content (AvgIpc) is 3.36. The van der Waals surface area contributed by atoms with Gasteiger partial charge in [-0.25, -0.2) is 9.78 Å². The lowest BCUT2D eigenvalue weighted by atomic mass is 9.93. The number of aliphatic hydroxyl groups is 1. The highest BCUT2D eigenvalue weighted by molar-refractivity contribution is 6.12. The Bertz CT molecular complexity index is 1420. The van der Waals surface area contributed by atoms with Crippen LogP contribution in [0.3, 0.4) is 0 Å². The lowest BCUT2D eigenvalue weighted by Gasteiger charge is -2.35. The molecule has 9 nitrogen and oxygen atoms in total. The quantitative estimate of drug-likeness (QED) is 0.443. The Balaban J connectivity index is 1.71. The fourth-order valence-electron chi connectivity index (χ4n) is 4.16. The molecule has 9 heteroatoms. The van der Waals surface area contributed by atoms with Crippen molar-refractivity contribution < 1.29 is 24.5 Å². The van der Waals surface area contributed by atoms with Gasteiger partial charge >= 0.3 is 6.09 Å². The van der Waals surface area contributed by atoms with Gasteiger partial charge in [0.1, 0.15) is 5.75 Å². The second-order valence-corrected chi connectivity index (χ2v) is 7.69. The SMILES string of the molecule is COc1cccc(N2C(=O)c3ccccc3C2(O)c2ccc3nc(N(C)C(=O)O)[nH]c3c2)c1. The van der Waals surface area contributed by atoms with Crippen LogP contribution in [0.1, 0.15) is 21.5 Å². The first kappa shape index (κ1) is 20.5. The number of H-pyrrole nitrogens is 1. The normalized spacial score (nSPS) is 17.3. The number of nitrogens with one attached hydrogen (secondary N) is 1. The van der Waals surface area contributed by atoms with Gasteiger partial charge in [-0.05, 0) is 30.3 Å². The lowest BCUT2D eigenvalue weighted by Crippen LogP contribution is -2.45. The Kier molecular flexibility index (Phi) is 4.57. The van der Waals surface area contributed by atoms with Crippen LogP contribution < -0.4 is 14.5 Å². The third-order valence-electron chi connectivity index (χ3n) is 5.85. The lowest BCUT2D eigenvalue weighted by molar-refractivity contribution is 0.0704. The zero-order valence-electron chi connectivity index (χ0n) is 17.8. The van der Waals surface area contributed by atoms with Crippen LogP contribution >= 0.6 is 0 Å². The summed E-state index contributed by atoms with van der Waals surface area (Å²) in [6.07, 6.45) is -1.16. The summed E-state index contributed by atoms with van der Waals surface area (Å²) in [6, 6.07) is 18.8. The topological polar surface area (TPSA) is 119 Å². The number of carbonyl (C=O) groups is 2. The number of methoxy groups -OCH3 is 1. The summed E-state index contributed by atoms with van der Waals surface area (Å²) in [6.45, 7) is 0. The van der Waals surface area contributed by atoms with E-state index in [4.69, 9.17) is 4.74 Å². The molecule has 4 aromatic rings. The van der Waals surface area contributed by atoms with Crippen LogP contribution in [0.15, 0.2) is 66.7 Å². The summed E-state index contributed by atoms with van der Waals surface area (Å²) < 4.78 is 5.32. The largest absolute Gasteiger partial charge is 0.497 e. The van der Waals surface area contributed by atoms with E-state index >= 15 is 0 Å². The van der Waals surface area contributed by atoms with Crippen molar-refractivity contribution in [1.82, 2.24) is 9.97 Å². The van der Waals surface area contributed by atoms with Gasteiger partial charge < -0.3 is 19.9 Å². The number of hydrogen-bond acceptors (Lipinski definition) is 5. The molecule has 1 aliphatic rings. The molecule has 166 valence electrons. The number of carbonyl (C=O) groups excluding carboxylic acids is 1. The van der Waals surface area contributed by atoms with Crippen molar-refractivity contribution in [3.05, 3.63) is 83.4 Å². The van der Waals surface area contributed by atoms with Crippen LogP contribution in [0.25, 0.3) is 11.0 Å². The van der Waals surface area contributed by atoms with Gasteiger partial charge in [0.25, 0.3) is 5.91 Å². The Morgan fingerprint density at radius 2 is 1.91 bits per heavy atom. The fourth-order valence-corrected chi connectivity index (χ4v) is 4.16. The molecule has 3 aromatic carbocycles. The van der Waals surface area contributed by atoms with Crippen LogP contribution in [0.2, 0.25) is 0 Å². The van der Waals surface area contributed by atoms with E-state index in [9.17, 15) is 19.8 Å². The number of aromatic amines is 1. The predicted molar refractivity (Wildman–Crippen MR) is 122 cm³/mol. The highest BCUT2D eigenvalue weighted by Crippen LogP contribution is 2.45. The van der Waals surface area contributed by atoms with Gasteiger partial charge in [-0.1, -0.05) is 30.3 Å². The fraction of sp³-hybridized carbons (Fsp3) is 0.125. The molecule has 5 rings (SSSR count). The van der Waals surface area contributed by atoms with Crippen LogP contribution in [0, 0.1) is 0 Å². The van der Waals surface area contributed by atoms with Crippen molar-refractivity contribution in [3.63, 3.8) is 0 Å². The summed E-state index contributed by atoms with van der Waals surface area (Å²) in [5.74, 6) is 0.343. The summed E-state index contributed by atoms with van der Waals surface area (Å²) in [5, 5.41) is 21.4. The molecule has 2 heterocycles. The molecule has 2 amide bonds. The van der Waals surface area contributed by atoms with Crippen LogP contribution in [0.5, 0.6) is 5.75 Å². The first-order valence-corrected chi connectivity index (χ1v) is 10.1. The first-order chi connectivity index (χ1) is 15.8. The molecule has 1 aromatic heterocycles. The van der Waals surface area contributed by atoms with Crippen LogP contribution in [-0.4, -0.2) is 46.3 Å². The number of fused-ring (bicyclic) bond motifs is 2. The number of carboxylic acid groups (broad SMARTS) is 1. The maximum Gasteiger partial charge on any atom is 0.413 e. The molecule has 0 bridgehead atoms. The van der Waals surface area contributed by atoms with Gasteiger partial charge in [0.15, 0.2) is 5.72 Å². The first-order valence-electron chi connectivity index (χ1n) is 10.1. The van der Waals surface area contributed by atoms with Gasteiger partial charge in [0, 0.05) is 29.8 Å². The highest BCUT2D eigenvalue weighted by Gasteiger charge is 2.50. The Labute approximate surface area is 188 Å². The second-order valence-electron chi connectivity index (χ2n) is 7.69. The van der Waals surface area contributed by atoms with Crippen molar-refractivity contribution in [2.45, 2.75) is 5.72 Å². The van der Waals surface area contributed by atoms with E-state index in [2.05, 4.69) is 9.97 Å². The standard InChI is InChI=1S/C24H20N4O5/c1-27(23(30)31)22-25-19-11-10-14(12-20(19)26-22)24(32)18-9-4-3-8-17(18)21(29)28(24)15-6-5-7-16(13-15)33-2/h3-13,32H,1-2H3,(H,25,26)(H,30,31). The molecule has 1 unspecified atom stereocenters. The van der Waals surface area contributed by atoms with Crippen molar-refractivity contribution in [1.29, 1.82) is 0 Å². The van der Waals surface area contributed by atoms with Crippen molar-refractivity contribution in [2.24, 2.45) is 0 Å². The van der Waals surface area contributed by atoms with Gasteiger partial charge in [-0.2, -0.15) is 0 Å². The third-order valence-corrected chi connectivity index (χ3v) is 5.85. The minimum Gasteiger partial charge on any atom is -0.497 e. The number of rotatable bonds is 4. The average molecular weight is 444 g/mol. The monoisotopic (exact) mass is 444 g/mol. The van der Waals surface area contributed by atoms with Crippen molar-refractivity contribution in [3.8, 4) is 5.75 Å². The third kappa shape index (κ3) is 3.01. The zero-order valence-corrected chi connectivity index (χ0v) is 17.8. The van der Waals surface area contributed by atoms with Gasteiger partial charge in [-0.15, -0.1) is 0 Å². The molecule has 1 aliphatic heterocycles. The molecule has 0 spiro atoms. The molecule has 0 saturated heterocycles. The zero-order chi connectivity index (χ0) is 23.3. The van der Waals surface area contributed by atoms with E-state index in [-0.39, 0.29) is 11.9 Å². The maximum atomic E-state index is 13.5. The van der Waals surface area contributed by atoms with E-state index in [1.54, 1.807) is 66.7 Å². The van der Waals surface area contributed by atoms with E-state index in [1.165, 1.54) is 19.1 Å². The minimum atomic E-state index is -1.81. The Morgan fingerprint density at radius 1 is 1.12 bits per heavy atom. The molecule has 0 fully saturated rings. The number of anilines is 2. The molecule has 0 radical (unpaired) electrons. The highest BCUT2D eigenvalue weighted by atomic mass is 16.5. The number of amides is 2. The number of ether oxygens (including phenoxy) is 1. The van der Waals surface area contributed by atoms with E-state index in [1.807, 2.05) is 0 Å². The number of imidazole rings is 1. The second kappa shape index (κ2) is 7.35. The van der Waals surface area contributed by atoms with Gasteiger partial charge in [0.05, 0.1) is 23.8 Å². The van der Waals surface area contributed by atoms with E-state index in [0.29, 0.717) is 39.2 Å². The molecule has 33 heavy (non-hydrogen) atoms. The Hall–Kier alpha value is -4.37. The summed E-state index contributed by atoms with van der Waals surface area (Å²) in [4.78, 5) is 34.3. The van der Waals surface area contributed by atoms with Crippen molar-refractivity contribution >= 4 is 34.7 Å². The van der Waals surface area contributed by atoms with Gasteiger partial charge in [-0.3, -0.25) is 14.6 Å². The smallest absolute Gasteiger partial charge is 0.413 e. The summed E-state index contributed by atoms with van der Waals surface area (Å²) >= 11 is 0. The van der Waals surface area contributed by atoms with Crippen LogP contribution in [-0.2, 0) is 5.72 Å².